The number of aromatic amines is 1. The molecule has 0 unspecified atom stereocenters. The van der Waals surface area contributed by atoms with Crippen LogP contribution in [0.2, 0.25) is 0 Å². The van der Waals surface area contributed by atoms with E-state index in [1.54, 1.807) is 7.11 Å². The molecule has 3 heterocycles. The molecule has 0 saturated heterocycles. The summed E-state index contributed by atoms with van der Waals surface area (Å²) in [5.74, 6) is 1.41. The van der Waals surface area contributed by atoms with Crippen LogP contribution in [0, 0.1) is 5.92 Å². The van der Waals surface area contributed by atoms with Crippen molar-refractivity contribution in [3.8, 4) is 0 Å². The summed E-state index contributed by atoms with van der Waals surface area (Å²) < 4.78 is 7.11. The number of carbonyl (C=O) groups excluding carboxylic acids is 1. The number of amides is 1. The zero-order valence-corrected chi connectivity index (χ0v) is 18.6. The van der Waals surface area contributed by atoms with Crippen LogP contribution in [-0.2, 0) is 30.8 Å². The van der Waals surface area contributed by atoms with Gasteiger partial charge < -0.3 is 15.0 Å². The molecule has 0 saturated carbocycles. The molecule has 4 rings (SSSR count). The van der Waals surface area contributed by atoms with Crippen LogP contribution in [0.4, 0.5) is 0 Å². The number of H-pyrrole nitrogens is 1. The Hall–Kier alpha value is -2.71. The molecule has 2 N–H and O–H groups in total. The van der Waals surface area contributed by atoms with E-state index in [1.165, 1.54) is 5.69 Å². The molecule has 1 aliphatic heterocycles. The second kappa shape index (κ2) is 9.62. The van der Waals surface area contributed by atoms with Gasteiger partial charge in [-0.05, 0) is 24.5 Å². The normalized spacial score (nSPS) is 14.3. The third kappa shape index (κ3) is 4.97. The SMILES string of the molecule is COCCNC(=O)c1nn(CCC(C)C)c2c1CN(Cc1nc3ccccc3[nH]1)CC2. The maximum Gasteiger partial charge on any atom is 0.272 e. The first-order chi connectivity index (χ1) is 15.0. The van der Waals surface area contributed by atoms with E-state index in [0.717, 1.165) is 54.9 Å². The summed E-state index contributed by atoms with van der Waals surface area (Å²) in [6.45, 7) is 8.56. The van der Waals surface area contributed by atoms with Crippen molar-refractivity contribution in [2.24, 2.45) is 5.92 Å². The first-order valence-electron chi connectivity index (χ1n) is 11.1. The zero-order chi connectivity index (χ0) is 21.8. The molecule has 0 fully saturated rings. The summed E-state index contributed by atoms with van der Waals surface area (Å²) in [4.78, 5) is 23.3. The summed E-state index contributed by atoms with van der Waals surface area (Å²) in [5.41, 5.74) is 4.81. The molecule has 0 bridgehead atoms. The number of hydrogen-bond acceptors (Lipinski definition) is 5. The van der Waals surface area contributed by atoms with Crippen molar-refractivity contribution in [2.45, 2.75) is 46.3 Å². The number of nitrogens with zero attached hydrogens (tertiary/aromatic N) is 4. The number of rotatable bonds is 9. The van der Waals surface area contributed by atoms with Crippen LogP contribution in [0.1, 0.15) is 47.8 Å². The van der Waals surface area contributed by atoms with E-state index in [9.17, 15) is 4.79 Å². The van der Waals surface area contributed by atoms with Crippen LogP contribution < -0.4 is 5.32 Å². The van der Waals surface area contributed by atoms with Gasteiger partial charge in [0.05, 0.1) is 24.2 Å². The number of nitrogens with one attached hydrogen (secondary N) is 2. The third-order valence-electron chi connectivity index (χ3n) is 5.75. The Morgan fingerprint density at radius 2 is 2.16 bits per heavy atom. The van der Waals surface area contributed by atoms with Crippen LogP contribution in [0.25, 0.3) is 11.0 Å². The molecular formula is C23H32N6O2. The number of benzene rings is 1. The average Bonchev–Trinajstić information content (AvgIpc) is 3.32. The highest BCUT2D eigenvalue weighted by molar-refractivity contribution is 5.94. The van der Waals surface area contributed by atoms with Crippen molar-refractivity contribution >= 4 is 16.9 Å². The van der Waals surface area contributed by atoms with E-state index in [2.05, 4.69) is 33.7 Å². The summed E-state index contributed by atoms with van der Waals surface area (Å²) in [7, 11) is 1.63. The van der Waals surface area contributed by atoms with E-state index in [4.69, 9.17) is 14.8 Å². The molecule has 8 heteroatoms. The van der Waals surface area contributed by atoms with Gasteiger partial charge in [-0.2, -0.15) is 5.10 Å². The van der Waals surface area contributed by atoms with Gasteiger partial charge in [-0.15, -0.1) is 0 Å². The first-order valence-corrected chi connectivity index (χ1v) is 11.1. The van der Waals surface area contributed by atoms with Crippen molar-refractivity contribution in [3.63, 3.8) is 0 Å². The predicted octanol–water partition coefficient (Wildman–Crippen LogP) is 2.74. The Morgan fingerprint density at radius 1 is 1.32 bits per heavy atom. The van der Waals surface area contributed by atoms with Crippen molar-refractivity contribution in [1.82, 2.24) is 30.0 Å². The first kappa shape index (κ1) is 21.5. The largest absolute Gasteiger partial charge is 0.383 e. The minimum absolute atomic E-state index is 0.123. The molecule has 8 nitrogen and oxygen atoms in total. The highest BCUT2D eigenvalue weighted by Gasteiger charge is 2.28. The summed E-state index contributed by atoms with van der Waals surface area (Å²) in [6, 6.07) is 8.07. The Balaban J connectivity index is 1.54. The second-order valence-electron chi connectivity index (χ2n) is 8.59. The molecule has 0 spiro atoms. The van der Waals surface area contributed by atoms with Gasteiger partial charge in [-0.1, -0.05) is 26.0 Å². The van der Waals surface area contributed by atoms with Crippen molar-refractivity contribution in [1.29, 1.82) is 0 Å². The van der Waals surface area contributed by atoms with Crippen LogP contribution in [0.5, 0.6) is 0 Å². The lowest BCUT2D eigenvalue weighted by molar-refractivity contribution is 0.0929. The molecule has 0 atom stereocenters. The maximum atomic E-state index is 12.8. The number of para-hydroxylation sites is 2. The van der Waals surface area contributed by atoms with Gasteiger partial charge in [0.25, 0.3) is 5.91 Å². The summed E-state index contributed by atoms with van der Waals surface area (Å²) in [6.07, 6.45) is 1.92. The monoisotopic (exact) mass is 424 g/mol. The summed E-state index contributed by atoms with van der Waals surface area (Å²) >= 11 is 0. The fraction of sp³-hybridized carbons (Fsp3) is 0.522. The number of ether oxygens (including phenoxy) is 1. The Kier molecular flexibility index (Phi) is 6.67. The van der Waals surface area contributed by atoms with Crippen LogP contribution >= 0.6 is 0 Å². The zero-order valence-electron chi connectivity index (χ0n) is 18.6. The predicted molar refractivity (Wildman–Crippen MR) is 120 cm³/mol. The Morgan fingerprint density at radius 3 is 2.94 bits per heavy atom. The molecule has 1 amide bonds. The van der Waals surface area contributed by atoms with Crippen LogP contribution in [0.15, 0.2) is 24.3 Å². The second-order valence-corrected chi connectivity index (χ2v) is 8.59. The van der Waals surface area contributed by atoms with Crippen molar-refractivity contribution < 1.29 is 9.53 Å². The summed E-state index contributed by atoms with van der Waals surface area (Å²) in [5, 5.41) is 7.67. The topological polar surface area (TPSA) is 88.1 Å². The molecule has 166 valence electrons. The van der Waals surface area contributed by atoms with Gasteiger partial charge in [0.1, 0.15) is 5.82 Å². The minimum Gasteiger partial charge on any atom is -0.383 e. The smallest absolute Gasteiger partial charge is 0.272 e. The molecule has 1 aliphatic rings. The highest BCUT2D eigenvalue weighted by Crippen LogP contribution is 2.25. The quantitative estimate of drug-likeness (QED) is 0.516. The van der Waals surface area contributed by atoms with Gasteiger partial charge in [-0.25, -0.2) is 4.98 Å². The van der Waals surface area contributed by atoms with Gasteiger partial charge in [0.2, 0.25) is 0 Å². The van der Waals surface area contributed by atoms with Gasteiger partial charge in [-0.3, -0.25) is 14.4 Å². The van der Waals surface area contributed by atoms with Gasteiger partial charge in [0, 0.05) is 51.0 Å². The van der Waals surface area contributed by atoms with Gasteiger partial charge >= 0.3 is 0 Å². The van der Waals surface area contributed by atoms with E-state index in [-0.39, 0.29) is 5.91 Å². The molecule has 2 aromatic heterocycles. The van der Waals surface area contributed by atoms with Crippen LogP contribution in [-0.4, -0.2) is 57.4 Å². The number of aryl methyl sites for hydroxylation is 1. The number of aromatic nitrogens is 4. The highest BCUT2D eigenvalue weighted by atomic mass is 16.5. The fourth-order valence-electron chi connectivity index (χ4n) is 4.07. The number of hydrogen-bond donors (Lipinski definition) is 2. The number of imidazole rings is 1. The lowest BCUT2D eigenvalue weighted by Crippen LogP contribution is -2.33. The molecule has 1 aromatic carbocycles. The van der Waals surface area contributed by atoms with E-state index >= 15 is 0 Å². The fourth-order valence-corrected chi connectivity index (χ4v) is 4.07. The van der Waals surface area contributed by atoms with E-state index < -0.39 is 0 Å². The molecule has 3 aromatic rings. The van der Waals surface area contributed by atoms with Crippen molar-refractivity contribution in [2.75, 3.05) is 26.8 Å². The standard InChI is InChI=1S/C23H32N6O2/c1-16(2)8-12-29-20-9-11-28(15-21-25-18-6-4-5-7-19(18)26-21)14-17(20)22(27-29)23(30)24-10-13-31-3/h4-7,16H,8-15H2,1-3H3,(H,24,30)(H,25,26). The Labute approximate surface area is 183 Å². The van der Waals surface area contributed by atoms with Gasteiger partial charge in [0.15, 0.2) is 5.69 Å². The minimum atomic E-state index is -0.123. The van der Waals surface area contributed by atoms with Crippen molar-refractivity contribution in [3.05, 3.63) is 47.0 Å². The lowest BCUT2D eigenvalue weighted by atomic mass is 10.0. The van der Waals surface area contributed by atoms with Crippen LogP contribution in [0.3, 0.4) is 0 Å². The maximum absolute atomic E-state index is 12.8. The lowest BCUT2D eigenvalue weighted by Gasteiger charge is -2.27. The number of methoxy groups -OCH3 is 1. The van der Waals surface area contributed by atoms with E-state index in [0.29, 0.717) is 31.3 Å². The van der Waals surface area contributed by atoms with E-state index in [1.807, 2.05) is 24.3 Å². The molecule has 0 aliphatic carbocycles. The molecule has 0 radical (unpaired) electrons. The average molecular weight is 425 g/mol. The number of carbonyl (C=O) groups is 1. The Bertz CT molecular complexity index is 1010. The molecular weight excluding hydrogens is 392 g/mol. The third-order valence-corrected chi connectivity index (χ3v) is 5.75. The molecule has 31 heavy (non-hydrogen) atoms. The number of fused-ring (bicyclic) bond motifs is 2.